The van der Waals surface area contributed by atoms with Crippen molar-refractivity contribution in [3.63, 3.8) is 0 Å². The van der Waals surface area contributed by atoms with E-state index in [-0.39, 0.29) is 17.6 Å². The molecule has 2 aromatic rings. The van der Waals surface area contributed by atoms with Crippen molar-refractivity contribution in [1.82, 2.24) is 0 Å². The molecule has 0 aliphatic carbocycles. The van der Waals surface area contributed by atoms with Crippen molar-refractivity contribution in [3.8, 4) is 0 Å². The fourth-order valence-electron chi connectivity index (χ4n) is 3.19. The van der Waals surface area contributed by atoms with Crippen LogP contribution in [0, 0.1) is 18.8 Å². The summed E-state index contributed by atoms with van der Waals surface area (Å²) in [6.45, 7) is 15.6. The van der Waals surface area contributed by atoms with Gasteiger partial charge in [-0.15, -0.1) is 0 Å². The van der Waals surface area contributed by atoms with E-state index in [0.717, 1.165) is 54.3 Å². The molecule has 1 atom stereocenters. The minimum Gasteiger partial charge on any atom is -0.322 e. The van der Waals surface area contributed by atoms with Crippen LogP contribution in [0.1, 0.15) is 106 Å². The minimum absolute atomic E-state index is 0.0169. The summed E-state index contributed by atoms with van der Waals surface area (Å²) in [5, 5.41) is 2.91. The zero-order valence-corrected chi connectivity index (χ0v) is 23.4. The molecule has 198 valence electrons. The topological polar surface area (TPSA) is 80.3 Å². The highest BCUT2D eigenvalue weighted by molar-refractivity contribution is 6.05. The predicted octanol–water partition coefficient (Wildman–Crippen LogP) is 7.65. The number of amides is 1. The van der Waals surface area contributed by atoms with Gasteiger partial charge >= 0.3 is 0 Å². The summed E-state index contributed by atoms with van der Waals surface area (Å²) >= 11 is 0. The van der Waals surface area contributed by atoms with Crippen LogP contribution in [0.3, 0.4) is 0 Å². The molecular formula is C31H45NO4. The molecule has 1 amide bonds. The molecular weight excluding hydrogens is 450 g/mol. The van der Waals surface area contributed by atoms with Gasteiger partial charge in [0.1, 0.15) is 12.1 Å². The van der Waals surface area contributed by atoms with Gasteiger partial charge in [0.25, 0.3) is 5.91 Å². The highest BCUT2D eigenvalue weighted by Crippen LogP contribution is 2.21. The summed E-state index contributed by atoms with van der Waals surface area (Å²) in [6, 6.07) is 13.0. The van der Waals surface area contributed by atoms with Crippen LogP contribution in [0.4, 0.5) is 5.69 Å². The average Bonchev–Trinajstić information content (AvgIpc) is 2.87. The van der Waals surface area contributed by atoms with Crippen LogP contribution >= 0.6 is 0 Å². The maximum atomic E-state index is 12.5. The molecule has 1 unspecified atom stereocenters. The standard InChI is InChI=1S/C21H25NO2.C8H16O.C2H4O/c1-5-15(4)20(23)19-12-11-18(13-16(19)6-2)22-21(24)17-9-7-14(3)8-10-17;1-4-8(9)6-5-7(2)3;1-2-3/h7-13,15H,5-6H2,1-4H3,(H,22,24);7H,4-6H2,1-3H3;2H,1H3. The van der Waals surface area contributed by atoms with Gasteiger partial charge in [0, 0.05) is 35.6 Å². The summed E-state index contributed by atoms with van der Waals surface area (Å²) < 4.78 is 0. The van der Waals surface area contributed by atoms with Crippen LogP contribution in [0.15, 0.2) is 42.5 Å². The van der Waals surface area contributed by atoms with Crippen LogP contribution in [0.25, 0.3) is 0 Å². The number of aryl methyl sites for hydroxylation is 2. The summed E-state index contributed by atoms with van der Waals surface area (Å²) in [5.41, 5.74) is 4.20. The third-order valence-electron chi connectivity index (χ3n) is 5.78. The van der Waals surface area contributed by atoms with Crippen molar-refractivity contribution < 1.29 is 19.2 Å². The molecule has 0 bridgehead atoms. The number of rotatable bonds is 10. The summed E-state index contributed by atoms with van der Waals surface area (Å²) in [7, 11) is 0. The first-order valence-electron chi connectivity index (χ1n) is 13.0. The Morgan fingerprint density at radius 1 is 0.944 bits per heavy atom. The van der Waals surface area contributed by atoms with E-state index in [2.05, 4.69) is 19.2 Å². The maximum absolute atomic E-state index is 12.5. The number of ketones is 2. The smallest absolute Gasteiger partial charge is 0.255 e. The zero-order valence-electron chi connectivity index (χ0n) is 23.4. The van der Waals surface area contributed by atoms with E-state index < -0.39 is 0 Å². The molecule has 0 radical (unpaired) electrons. The second-order valence-electron chi connectivity index (χ2n) is 9.28. The van der Waals surface area contributed by atoms with Crippen molar-refractivity contribution >= 4 is 29.4 Å². The molecule has 2 rings (SSSR count). The van der Waals surface area contributed by atoms with E-state index in [1.807, 2.05) is 71.0 Å². The fraction of sp³-hybridized carbons (Fsp3) is 0.484. The summed E-state index contributed by atoms with van der Waals surface area (Å²) in [5.74, 6) is 1.11. The van der Waals surface area contributed by atoms with Gasteiger partial charge < -0.3 is 10.1 Å². The molecule has 5 nitrogen and oxygen atoms in total. The SMILES string of the molecule is CC=O.CCC(=O)CCC(C)C.CCc1cc(NC(=O)c2ccc(C)cc2)ccc1C(=O)C(C)CC. The van der Waals surface area contributed by atoms with Crippen molar-refractivity contribution in [2.45, 2.75) is 87.5 Å². The van der Waals surface area contributed by atoms with Crippen molar-refractivity contribution in [1.29, 1.82) is 0 Å². The highest BCUT2D eigenvalue weighted by Gasteiger charge is 2.17. The van der Waals surface area contributed by atoms with Crippen LogP contribution in [0.5, 0.6) is 0 Å². The van der Waals surface area contributed by atoms with Crippen LogP contribution in [-0.4, -0.2) is 23.8 Å². The van der Waals surface area contributed by atoms with Crippen molar-refractivity contribution in [3.05, 3.63) is 64.7 Å². The Labute approximate surface area is 218 Å². The van der Waals surface area contributed by atoms with Crippen LogP contribution in [-0.2, 0) is 16.0 Å². The van der Waals surface area contributed by atoms with Crippen molar-refractivity contribution in [2.75, 3.05) is 5.32 Å². The predicted molar refractivity (Wildman–Crippen MR) is 150 cm³/mol. The van der Waals surface area contributed by atoms with E-state index in [1.165, 1.54) is 6.92 Å². The maximum Gasteiger partial charge on any atom is 0.255 e. The van der Waals surface area contributed by atoms with Gasteiger partial charge in [-0.3, -0.25) is 14.4 Å². The lowest BCUT2D eigenvalue weighted by atomic mass is 9.92. The normalized spacial score (nSPS) is 10.8. The molecule has 0 saturated carbocycles. The number of Topliss-reactive ketones (excluding diaryl/α,β-unsaturated/α-hetero) is 2. The van der Waals surface area contributed by atoms with E-state index in [9.17, 15) is 14.4 Å². The monoisotopic (exact) mass is 495 g/mol. The lowest BCUT2D eigenvalue weighted by Gasteiger charge is -2.14. The zero-order chi connectivity index (χ0) is 27.7. The number of carbonyl (C=O) groups excluding carboxylic acids is 4. The van der Waals surface area contributed by atoms with Gasteiger partial charge in [0.15, 0.2) is 5.78 Å². The molecule has 0 aliphatic rings. The Kier molecular flexibility index (Phi) is 16.7. The van der Waals surface area contributed by atoms with Crippen molar-refractivity contribution in [2.24, 2.45) is 11.8 Å². The molecule has 0 fully saturated rings. The van der Waals surface area contributed by atoms with Gasteiger partial charge in [-0.25, -0.2) is 0 Å². The number of hydrogen-bond acceptors (Lipinski definition) is 4. The molecule has 0 aliphatic heterocycles. The summed E-state index contributed by atoms with van der Waals surface area (Å²) in [4.78, 5) is 44.3. The number of nitrogens with one attached hydrogen (secondary N) is 1. The third-order valence-corrected chi connectivity index (χ3v) is 5.78. The largest absolute Gasteiger partial charge is 0.322 e. The number of aldehydes is 1. The van der Waals surface area contributed by atoms with Gasteiger partial charge in [-0.2, -0.15) is 0 Å². The Morgan fingerprint density at radius 3 is 2.00 bits per heavy atom. The van der Waals surface area contributed by atoms with Gasteiger partial charge in [-0.05, 0) is 74.9 Å². The van der Waals surface area contributed by atoms with E-state index >= 15 is 0 Å². The van der Waals surface area contributed by atoms with Gasteiger partial charge in [0.05, 0.1) is 0 Å². The third kappa shape index (κ3) is 12.6. The van der Waals surface area contributed by atoms with Crippen LogP contribution < -0.4 is 5.32 Å². The number of hydrogen-bond donors (Lipinski definition) is 1. The first-order valence-corrected chi connectivity index (χ1v) is 13.0. The number of benzene rings is 2. The Hall–Kier alpha value is -3.08. The molecule has 0 heterocycles. The number of carbonyl (C=O) groups is 4. The average molecular weight is 496 g/mol. The minimum atomic E-state index is -0.141. The van der Waals surface area contributed by atoms with E-state index in [0.29, 0.717) is 23.7 Å². The van der Waals surface area contributed by atoms with Crippen LogP contribution in [0.2, 0.25) is 0 Å². The number of anilines is 1. The Morgan fingerprint density at radius 2 is 1.53 bits per heavy atom. The first-order chi connectivity index (χ1) is 17.0. The molecule has 1 N–H and O–H groups in total. The fourth-order valence-corrected chi connectivity index (χ4v) is 3.19. The Balaban J connectivity index is 0.000000854. The lowest BCUT2D eigenvalue weighted by Crippen LogP contribution is -2.15. The molecule has 0 spiro atoms. The molecule has 5 heteroatoms. The molecule has 0 aromatic heterocycles. The lowest BCUT2D eigenvalue weighted by molar-refractivity contribution is -0.119. The molecule has 0 saturated heterocycles. The highest BCUT2D eigenvalue weighted by atomic mass is 16.2. The van der Waals surface area contributed by atoms with Gasteiger partial charge in [0.2, 0.25) is 0 Å². The Bertz CT molecular complexity index is 961. The van der Waals surface area contributed by atoms with E-state index in [4.69, 9.17) is 4.79 Å². The first kappa shape index (κ1) is 32.9. The van der Waals surface area contributed by atoms with E-state index in [1.54, 1.807) is 6.07 Å². The second kappa shape index (κ2) is 18.2. The quantitative estimate of drug-likeness (QED) is 0.271. The molecule has 2 aromatic carbocycles. The van der Waals surface area contributed by atoms with Gasteiger partial charge in [-0.1, -0.05) is 59.2 Å². The second-order valence-corrected chi connectivity index (χ2v) is 9.28. The molecule has 36 heavy (non-hydrogen) atoms. The summed E-state index contributed by atoms with van der Waals surface area (Å²) in [6.07, 6.45) is 4.85.